The number of carbonyl (C=O) groups excluding carboxylic acids is 1. The molecule has 0 saturated heterocycles. The van der Waals surface area contributed by atoms with E-state index in [9.17, 15) is 4.79 Å². The highest BCUT2D eigenvalue weighted by atomic mass is 16.5. The van der Waals surface area contributed by atoms with Crippen LogP contribution in [0.25, 0.3) is 10.9 Å². The lowest BCUT2D eigenvalue weighted by Crippen LogP contribution is -2.26. The Bertz CT molecular complexity index is 880. The first-order valence-corrected chi connectivity index (χ1v) is 8.08. The Kier molecular flexibility index (Phi) is 4.56. The fraction of sp³-hybridized carbons (Fsp3) is 0.250. The molecule has 1 heterocycles. The minimum atomic E-state index is -0.0655. The van der Waals surface area contributed by atoms with Crippen molar-refractivity contribution >= 4 is 16.8 Å². The van der Waals surface area contributed by atoms with Crippen molar-refractivity contribution in [1.82, 2.24) is 10.3 Å². The molecule has 0 unspecified atom stereocenters. The molecule has 124 valence electrons. The monoisotopic (exact) mass is 322 g/mol. The Balaban J connectivity index is 1.68. The van der Waals surface area contributed by atoms with Crippen LogP contribution in [0.1, 0.15) is 27.2 Å². The van der Waals surface area contributed by atoms with E-state index in [1.807, 2.05) is 38.1 Å². The van der Waals surface area contributed by atoms with Crippen molar-refractivity contribution in [3.63, 3.8) is 0 Å². The average molecular weight is 322 g/mol. The van der Waals surface area contributed by atoms with Gasteiger partial charge in [-0.1, -0.05) is 24.3 Å². The quantitative estimate of drug-likeness (QED) is 0.751. The second kappa shape index (κ2) is 6.79. The summed E-state index contributed by atoms with van der Waals surface area (Å²) in [6, 6.07) is 14.1. The lowest BCUT2D eigenvalue weighted by atomic mass is 10.1. The van der Waals surface area contributed by atoms with Crippen molar-refractivity contribution in [1.29, 1.82) is 0 Å². The molecule has 0 aliphatic rings. The third-order valence-corrected chi connectivity index (χ3v) is 4.27. The first-order chi connectivity index (χ1) is 11.6. The zero-order valence-electron chi connectivity index (χ0n) is 14.3. The van der Waals surface area contributed by atoms with Gasteiger partial charge in [0.05, 0.1) is 7.11 Å². The number of methoxy groups -OCH3 is 1. The van der Waals surface area contributed by atoms with Crippen molar-refractivity contribution < 1.29 is 9.53 Å². The number of rotatable bonds is 5. The van der Waals surface area contributed by atoms with Crippen LogP contribution < -0.4 is 10.1 Å². The Morgan fingerprint density at radius 1 is 1.17 bits per heavy atom. The average Bonchev–Trinajstić information content (AvgIpc) is 2.91. The molecule has 3 rings (SSSR count). The molecule has 2 aromatic carbocycles. The molecule has 0 saturated carbocycles. The number of hydrogen-bond donors (Lipinski definition) is 2. The number of aryl methyl sites for hydroxylation is 2. The van der Waals surface area contributed by atoms with Crippen molar-refractivity contribution in [2.75, 3.05) is 13.7 Å². The number of aromatic amines is 1. The lowest BCUT2D eigenvalue weighted by Gasteiger charge is -2.06. The fourth-order valence-corrected chi connectivity index (χ4v) is 2.92. The highest BCUT2D eigenvalue weighted by molar-refractivity contribution is 6.00. The Morgan fingerprint density at radius 3 is 2.79 bits per heavy atom. The molecule has 3 aromatic rings. The molecule has 4 nitrogen and oxygen atoms in total. The van der Waals surface area contributed by atoms with Crippen molar-refractivity contribution in [3.05, 3.63) is 64.8 Å². The Hall–Kier alpha value is -2.75. The van der Waals surface area contributed by atoms with Gasteiger partial charge >= 0.3 is 0 Å². The van der Waals surface area contributed by atoms with E-state index >= 15 is 0 Å². The minimum absolute atomic E-state index is 0.0655. The van der Waals surface area contributed by atoms with E-state index in [-0.39, 0.29) is 5.91 Å². The van der Waals surface area contributed by atoms with Gasteiger partial charge in [0.1, 0.15) is 11.4 Å². The maximum atomic E-state index is 12.5. The van der Waals surface area contributed by atoms with Crippen LogP contribution in [0.2, 0.25) is 0 Å². The first-order valence-electron chi connectivity index (χ1n) is 8.08. The highest BCUT2D eigenvalue weighted by Gasteiger charge is 2.14. The maximum Gasteiger partial charge on any atom is 0.268 e. The second-order valence-electron chi connectivity index (χ2n) is 6.03. The fourth-order valence-electron chi connectivity index (χ4n) is 2.92. The van der Waals surface area contributed by atoms with Gasteiger partial charge in [-0.2, -0.15) is 0 Å². The SMILES string of the molecule is COc1cccc(CCNC(=O)c2[nH]c3cc(C)ccc3c2C)c1. The summed E-state index contributed by atoms with van der Waals surface area (Å²) in [7, 11) is 1.65. The summed E-state index contributed by atoms with van der Waals surface area (Å²) in [4.78, 5) is 15.7. The van der Waals surface area contributed by atoms with Gasteiger partial charge in [-0.25, -0.2) is 0 Å². The van der Waals surface area contributed by atoms with E-state index in [1.165, 1.54) is 5.56 Å². The lowest BCUT2D eigenvalue weighted by molar-refractivity contribution is 0.0949. The van der Waals surface area contributed by atoms with Gasteiger partial charge in [0.15, 0.2) is 0 Å². The minimum Gasteiger partial charge on any atom is -0.497 e. The topological polar surface area (TPSA) is 54.1 Å². The van der Waals surface area contributed by atoms with Crippen molar-refractivity contribution in [2.45, 2.75) is 20.3 Å². The highest BCUT2D eigenvalue weighted by Crippen LogP contribution is 2.22. The zero-order valence-corrected chi connectivity index (χ0v) is 14.3. The van der Waals surface area contributed by atoms with Crippen LogP contribution in [-0.4, -0.2) is 24.5 Å². The molecule has 24 heavy (non-hydrogen) atoms. The third kappa shape index (κ3) is 3.27. The van der Waals surface area contributed by atoms with Crippen LogP contribution in [0.15, 0.2) is 42.5 Å². The summed E-state index contributed by atoms with van der Waals surface area (Å²) in [5.74, 6) is 0.768. The molecule has 0 fully saturated rings. The molecule has 0 spiro atoms. The molecule has 0 atom stereocenters. The van der Waals surface area contributed by atoms with Gasteiger partial charge in [-0.3, -0.25) is 4.79 Å². The number of H-pyrrole nitrogens is 1. The summed E-state index contributed by atoms with van der Waals surface area (Å²) in [5.41, 5.74) is 4.95. The predicted molar refractivity (Wildman–Crippen MR) is 96.8 cm³/mol. The van der Waals surface area contributed by atoms with Crippen LogP contribution in [-0.2, 0) is 6.42 Å². The van der Waals surface area contributed by atoms with Gasteiger partial charge in [-0.15, -0.1) is 0 Å². The number of ether oxygens (including phenoxy) is 1. The number of amides is 1. The largest absolute Gasteiger partial charge is 0.497 e. The number of benzene rings is 2. The molecule has 0 aliphatic heterocycles. The molecule has 0 radical (unpaired) electrons. The van der Waals surface area contributed by atoms with E-state index in [2.05, 4.69) is 28.5 Å². The number of nitrogens with one attached hydrogen (secondary N) is 2. The van der Waals surface area contributed by atoms with Crippen LogP contribution >= 0.6 is 0 Å². The molecule has 2 N–H and O–H groups in total. The molecule has 0 bridgehead atoms. The van der Waals surface area contributed by atoms with E-state index in [4.69, 9.17) is 4.74 Å². The summed E-state index contributed by atoms with van der Waals surface area (Å²) in [6.45, 7) is 4.61. The third-order valence-electron chi connectivity index (χ3n) is 4.27. The zero-order chi connectivity index (χ0) is 17.1. The first kappa shape index (κ1) is 16.1. The number of aromatic nitrogens is 1. The summed E-state index contributed by atoms with van der Waals surface area (Å²) < 4.78 is 5.22. The van der Waals surface area contributed by atoms with Crippen LogP contribution in [0.5, 0.6) is 5.75 Å². The van der Waals surface area contributed by atoms with E-state index < -0.39 is 0 Å². The standard InChI is InChI=1S/C20H22N2O2/c1-13-7-8-17-14(2)19(22-18(17)11-13)20(23)21-10-9-15-5-4-6-16(12-15)24-3/h4-8,11-12,22H,9-10H2,1-3H3,(H,21,23). The maximum absolute atomic E-state index is 12.5. The molecule has 0 aliphatic carbocycles. The number of fused-ring (bicyclic) bond motifs is 1. The van der Waals surface area contributed by atoms with E-state index in [0.29, 0.717) is 12.2 Å². The molecule has 4 heteroatoms. The molecule has 1 aromatic heterocycles. The Morgan fingerprint density at radius 2 is 2.00 bits per heavy atom. The van der Waals surface area contributed by atoms with Crippen molar-refractivity contribution in [3.8, 4) is 5.75 Å². The molecule has 1 amide bonds. The molecular formula is C20H22N2O2. The smallest absolute Gasteiger partial charge is 0.268 e. The van der Waals surface area contributed by atoms with Gasteiger partial charge < -0.3 is 15.0 Å². The van der Waals surface area contributed by atoms with Crippen LogP contribution in [0.3, 0.4) is 0 Å². The number of hydrogen-bond acceptors (Lipinski definition) is 2. The van der Waals surface area contributed by atoms with Crippen LogP contribution in [0.4, 0.5) is 0 Å². The molecular weight excluding hydrogens is 300 g/mol. The van der Waals surface area contributed by atoms with Crippen LogP contribution in [0, 0.1) is 13.8 Å². The summed E-state index contributed by atoms with van der Waals surface area (Å²) >= 11 is 0. The normalized spacial score (nSPS) is 10.8. The van der Waals surface area contributed by atoms with E-state index in [1.54, 1.807) is 7.11 Å². The van der Waals surface area contributed by atoms with Gasteiger partial charge in [0.25, 0.3) is 5.91 Å². The number of carbonyl (C=O) groups is 1. The summed E-state index contributed by atoms with van der Waals surface area (Å²) in [5, 5.41) is 4.09. The Labute approximate surface area is 141 Å². The van der Waals surface area contributed by atoms with Gasteiger partial charge in [0.2, 0.25) is 0 Å². The van der Waals surface area contributed by atoms with E-state index in [0.717, 1.165) is 34.2 Å². The second-order valence-corrected chi connectivity index (χ2v) is 6.03. The van der Waals surface area contributed by atoms with Gasteiger partial charge in [-0.05, 0) is 55.2 Å². The summed E-state index contributed by atoms with van der Waals surface area (Å²) in [6.07, 6.45) is 0.765. The predicted octanol–water partition coefficient (Wildman–Crippen LogP) is 3.77. The van der Waals surface area contributed by atoms with Gasteiger partial charge in [0, 0.05) is 17.4 Å². The van der Waals surface area contributed by atoms with Crippen molar-refractivity contribution in [2.24, 2.45) is 0 Å².